The van der Waals surface area contributed by atoms with Crippen LogP contribution in [0.15, 0.2) is 0 Å². The molecule has 32 heavy (non-hydrogen) atoms. The fourth-order valence-electron chi connectivity index (χ4n) is 2.81. The number of hydrogen-bond donors (Lipinski definition) is 7. The summed E-state index contributed by atoms with van der Waals surface area (Å²) in [6, 6.07) is -5.89. The molecular formula is C18H30N4O10. The monoisotopic (exact) mass is 462 g/mol. The molecule has 0 saturated heterocycles. The molecule has 0 aromatic heterocycles. The molecule has 182 valence electrons. The van der Waals surface area contributed by atoms with Crippen molar-refractivity contribution in [2.75, 3.05) is 13.7 Å². The van der Waals surface area contributed by atoms with Gasteiger partial charge in [0.1, 0.15) is 18.1 Å². The topological polar surface area (TPSA) is 237 Å². The van der Waals surface area contributed by atoms with Crippen molar-refractivity contribution >= 4 is 35.6 Å². The van der Waals surface area contributed by atoms with Gasteiger partial charge >= 0.3 is 17.9 Å². The van der Waals surface area contributed by atoms with Gasteiger partial charge in [0.05, 0.1) is 19.1 Å². The molecule has 0 fully saturated rings. The molecule has 0 aromatic carbocycles. The summed E-state index contributed by atoms with van der Waals surface area (Å²) in [4.78, 5) is 71.2. The molecule has 0 aliphatic rings. The summed E-state index contributed by atoms with van der Waals surface area (Å²) in [6.07, 6.45) is -1.53. The Balaban J connectivity index is 5.42. The molecule has 0 saturated carbocycles. The van der Waals surface area contributed by atoms with E-state index in [2.05, 4.69) is 10.6 Å². The van der Waals surface area contributed by atoms with Gasteiger partial charge < -0.3 is 41.7 Å². The van der Waals surface area contributed by atoms with E-state index in [1.165, 1.54) is 13.8 Å². The molecule has 8 N–H and O–H groups in total. The summed E-state index contributed by atoms with van der Waals surface area (Å²) >= 11 is 0. The predicted octanol–water partition coefficient (Wildman–Crippen LogP) is -2.82. The second kappa shape index (κ2) is 13.2. The number of nitrogens with one attached hydrogen (secondary N) is 2. The Bertz CT molecular complexity index is 727. The Morgan fingerprint density at radius 1 is 0.906 bits per heavy atom. The first kappa shape index (κ1) is 28.7. The number of amides is 3. The third kappa shape index (κ3) is 9.26. The minimum Gasteiger partial charge on any atom is -0.481 e. The maximum atomic E-state index is 12.7. The number of carbonyl (C=O) groups is 6. The number of aliphatic carboxylic acids is 3. The lowest BCUT2D eigenvalue weighted by Crippen LogP contribution is -2.59. The summed E-state index contributed by atoms with van der Waals surface area (Å²) in [6.45, 7) is 2.15. The van der Waals surface area contributed by atoms with Crippen molar-refractivity contribution in [3.05, 3.63) is 0 Å². The summed E-state index contributed by atoms with van der Waals surface area (Å²) < 4.78 is 0. The molecule has 0 aliphatic heterocycles. The highest BCUT2D eigenvalue weighted by Gasteiger charge is 2.36. The number of carboxylic acids is 3. The van der Waals surface area contributed by atoms with Crippen LogP contribution in [-0.4, -0.2) is 98.8 Å². The maximum absolute atomic E-state index is 12.7. The average molecular weight is 462 g/mol. The molecule has 0 aliphatic carbocycles. The first-order valence-electron chi connectivity index (χ1n) is 9.63. The number of nitrogens with zero attached hydrogens (tertiary/aromatic N) is 1. The number of carboxylic acid groups (broad SMARTS) is 3. The zero-order chi connectivity index (χ0) is 25.2. The highest BCUT2D eigenvalue weighted by atomic mass is 16.4. The summed E-state index contributed by atoms with van der Waals surface area (Å²) in [5.74, 6) is -7.56. The van der Waals surface area contributed by atoms with E-state index in [1.54, 1.807) is 0 Å². The van der Waals surface area contributed by atoms with Gasteiger partial charge in [0.25, 0.3) is 0 Å². The van der Waals surface area contributed by atoms with Gasteiger partial charge in [-0.3, -0.25) is 24.0 Å². The summed E-state index contributed by atoms with van der Waals surface area (Å²) in [7, 11) is 1.15. The predicted molar refractivity (Wildman–Crippen MR) is 107 cm³/mol. The second-order valence-corrected chi connectivity index (χ2v) is 7.42. The van der Waals surface area contributed by atoms with Gasteiger partial charge in [-0.15, -0.1) is 0 Å². The van der Waals surface area contributed by atoms with Crippen LogP contribution in [0.25, 0.3) is 0 Å². The van der Waals surface area contributed by atoms with E-state index in [-0.39, 0.29) is 6.42 Å². The van der Waals surface area contributed by atoms with Gasteiger partial charge in [0.2, 0.25) is 17.7 Å². The number of nitrogens with two attached hydrogens (primary N) is 1. The van der Waals surface area contributed by atoms with Crippen molar-refractivity contribution in [2.45, 2.75) is 57.3 Å². The summed E-state index contributed by atoms with van der Waals surface area (Å²) in [5, 5.41) is 40.6. The largest absolute Gasteiger partial charge is 0.481 e. The number of carbonyl (C=O) groups excluding carboxylic acids is 3. The van der Waals surface area contributed by atoms with Crippen LogP contribution < -0.4 is 16.4 Å². The Labute approximate surface area is 183 Å². The van der Waals surface area contributed by atoms with Gasteiger partial charge in [0, 0.05) is 13.5 Å². The van der Waals surface area contributed by atoms with Gasteiger partial charge in [-0.2, -0.15) is 0 Å². The van der Waals surface area contributed by atoms with Crippen LogP contribution in [-0.2, 0) is 28.8 Å². The van der Waals surface area contributed by atoms with Crippen molar-refractivity contribution in [1.82, 2.24) is 15.5 Å². The van der Waals surface area contributed by atoms with Crippen LogP contribution >= 0.6 is 0 Å². The average Bonchev–Trinajstić information content (AvgIpc) is 2.67. The van der Waals surface area contributed by atoms with Crippen LogP contribution in [0.1, 0.15) is 33.1 Å². The minimum atomic E-state index is -1.68. The number of likely N-dealkylation sites (N-methyl/N-ethyl adjacent to an activating group) is 1. The number of aliphatic hydroxyl groups is 1. The van der Waals surface area contributed by atoms with Crippen molar-refractivity contribution < 1.29 is 49.2 Å². The Morgan fingerprint density at radius 3 is 1.84 bits per heavy atom. The fraction of sp³-hybridized carbons (Fsp3) is 0.667. The van der Waals surface area contributed by atoms with E-state index < -0.39 is 85.2 Å². The molecule has 0 heterocycles. The Morgan fingerprint density at radius 2 is 1.44 bits per heavy atom. The molecular weight excluding hydrogens is 432 g/mol. The Kier molecular flexibility index (Phi) is 11.9. The number of hydrogen-bond acceptors (Lipinski definition) is 8. The van der Waals surface area contributed by atoms with Crippen LogP contribution in [0.5, 0.6) is 0 Å². The van der Waals surface area contributed by atoms with Crippen molar-refractivity contribution in [3.63, 3.8) is 0 Å². The van der Waals surface area contributed by atoms with Crippen molar-refractivity contribution in [3.8, 4) is 0 Å². The first-order valence-corrected chi connectivity index (χ1v) is 9.63. The smallest absolute Gasteiger partial charge is 0.326 e. The molecule has 0 radical (unpaired) electrons. The van der Waals surface area contributed by atoms with Gasteiger partial charge in [-0.1, -0.05) is 13.8 Å². The third-order valence-electron chi connectivity index (χ3n) is 4.46. The maximum Gasteiger partial charge on any atom is 0.326 e. The van der Waals surface area contributed by atoms with E-state index >= 15 is 0 Å². The van der Waals surface area contributed by atoms with E-state index in [0.717, 1.165) is 11.9 Å². The highest BCUT2D eigenvalue weighted by Crippen LogP contribution is 2.12. The number of aliphatic hydroxyl groups excluding tert-OH is 1. The quantitative estimate of drug-likeness (QED) is 0.139. The van der Waals surface area contributed by atoms with Gasteiger partial charge in [-0.05, 0) is 12.3 Å². The molecule has 0 unspecified atom stereocenters. The third-order valence-corrected chi connectivity index (χ3v) is 4.46. The van der Waals surface area contributed by atoms with Crippen LogP contribution in [0, 0.1) is 5.92 Å². The fourth-order valence-corrected chi connectivity index (χ4v) is 2.81. The van der Waals surface area contributed by atoms with Crippen LogP contribution in [0.3, 0.4) is 0 Å². The van der Waals surface area contributed by atoms with Crippen molar-refractivity contribution in [2.24, 2.45) is 11.7 Å². The van der Waals surface area contributed by atoms with Crippen LogP contribution in [0.2, 0.25) is 0 Å². The minimum absolute atomic E-state index is 0.238. The van der Waals surface area contributed by atoms with E-state index in [9.17, 15) is 39.0 Å². The molecule has 0 aromatic rings. The molecule has 14 nitrogen and oxygen atoms in total. The molecule has 3 amide bonds. The molecule has 4 atom stereocenters. The van der Waals surface area contributed by atoms with Gasteiger partial charge in [-0.25, -0.2) is 4.79 Å². The zero-order valence-electron chi connectivity index (χ0n) is 18.0. The van der Waals surface area contributed by atoms with E-state index in [1.807, 2.05) is 0 Å². The first-order chi connectivity index (χ1) is 14.7. The second-order valence-electron chi connectivity index (χ2n) is 7.42. The molecule has 14 heteroatoms. The Hall–Kier alpha value is -3.26. The van der Waals surface area contributed by atoms with E-state index in [4.69, 9.17) is 15.9 Å². The normalized spacial score (nSPS) is 14.6. The summed E-state index contributed by atoms with van der Waals surface area (Å²) in [5.41, 5.74) is 5.53. The van der Waals surface area contributed by atoms with Crippen molar-refractivity contribution in [1.29, 1.82) is 0 Å². The lowest BCUT2D eigenvalue weighted by Gasteiger charge is -2.31. The molecule has 0 spiro atoms. The SMILES string of the molecule is CC(C)[C@@H](C(=O)O)N(C)C(=O)[C@H](CC(=O)O)NC(=O)[C@H](CO)NC(=O)[C@@H](N)CCC(=O)O. The van der Waals surface area contributed by atoms with Crippen LogP contribution in [0.4, 0.5) is 0 Å². The molecule has 0 rings (SSSR count). The zero-order valence-corrected chi connectivity index (χ0v) is 18.0. The number of rotatable bonds is 14. The van der Waals surface area contributed by atoms with E-state index in [0.29, 0.717) is 0 Å². The standard InChI is InChI=1S/C18H30N4O10/c1-8(2)14(18(31)32)22(3)17(30)10(6-13(26)27)20-16(29)11(7-23)21-15(28)9(19)4-5-12(24)25/h8-11,14,23H,4-7,19H2,1-3H3,(H,20,29)(H,21,28)(H,24,25)(H,26,27)(H,31,32)/t9-,10-,11-,14-/m0/s1. The lowest BCUT2D eigenvalue weighted by atomic mass is 10.0. The van der Waals surface area contributed by atoms with Gasteiger partial charge in [0.15, 0.2) is 0 Å². The molecule has 0 bridgehead atoms. The highest BCUT2D eigenvalue weighted by molar-refractivity contribution is 5.95. The lowest BCUT2D eigenvalue weighted by molar-refractivity contribution is -0.153.